The van der Waals surface area contributed by atoms with Crippen molar-refractivity contribution in [3.05, 3.63) is 89.5 Å². The summed E-state index contributed by atoms with van der Waals surface area (Å²) in [6.45, 7) is 5.02. The number of hydrogen-bond donors (Lipinski definition) is 2. The molecule has 0 bridgehead atoms. The Bertz CT molecular complexity index is 1220. The van der Waals surface area contributed by atoms with Crippen molar-refractivity contribution in [1.29, 1.82) is 0 Å². The monoisotopic (exact) mass is 517 g/mol. The molecule has 198 valence electrons. The van der Waals surface area contributed by atoms with Gasteiger partial charge in [0, 0.05) is 5.56 Å². The van der Waals surface area contributed by atoms with Gasteiger partial charge in [0.1, 0.15) is 17.2 Å². The van der Waals surface area contributed by atoms with Crippen LogP contribution in [0.3, 0.4) is 0 Å². The molecule has 2 N–H and O–H groups in total. The van der Waals surface area contributed by atoms with E-state index in [9.17, 15) is 14.4 Å². The average molecular weight is 518 g/mol. The zero-order valence-electron chi connectivity index (χ0n) is 21.4. The van der Waals surface area contributed by atoms with Gasteiger partial charge in [-0.25, -0.2) is 10.2 Å². The highest BCUT2D eigenvalue weighted by Gasteiger charge is 2.10. The Morgan fingerprint density at radius 1 is 0.737 bits per heavy atom. The van der Waals surface area contributed by atoms with E-state index in [-0.39, 0.29) is 12.5 Å². The lowest BCUT2D eigenvalue weighted by Gasteiger charge is -2.07. The predicted octanol–water partition coefficient (Wildman–Crippen LogP) is 4.36. The van der Waals surface area contributed by atoms with Crippen molar-refractivity contribution in [1.82, 2.24) is 10.7 Å². The number of carbonyl (C=O) groups is 3. The number of hydrogen-bond acceptors (Lipinski definition) is 7. The summed E-state index contributed by atoms with van der Waals surface area (Å²) in [6.07, 6.45) is 3.24. The topological polar surface area (TPSA) is 115 Å². The van der Waals surface area contributed by atoms with Crippen LogP contribution in [0.2, 0.25) is 0 Å². The van der Waals surface area contributed by atoms with Gasteiger partial charge in [0.25, 0.3) is 11.8 Å². The van der Waals surface area contributed by atoms with Crippen molar-refractivity contribution in [3.63, 3.8) is 0 Å². The van der Waals surface area contributed by atoms with E-state index in [1.807, 2.05) is 13.8 Å². The lowest BCUT2D eigenvalue weighted by Crippen LogP contribution is -2.34. The number of hydrazone groups is 1. The molecule has 9 heteroatoms. The molecular formula is C29H31N3O6. The average Bonchev–Trinajstić information content (AvgIpc) is 2.95. The Hall–Kier alpha value is -4.66. The number of nitrogens with one attached hydrogen (secondary N) is 2. The van der Waals surface area contributed by atoms with Crippen LogP contribution in [-0.4, -0.2) is 43.8 Å². The fraction of sp³-hybridized carbons (Fsp3) is 0.241. The number of nitrogens with zero attached hydrogens (tertiary/aromatic N) is 1. The molecule has 0 heterocycles. The minimum Gasteiger partial charge on any atom is -0.494 e. The van der Waals surface area contributed by atoms with E-state index in [2.05, 4.69) is 15.8 Å². The van der Waals surface area contributed by atoms with Gasteiger partial charge in [-0.3, -0.25) is 9.59 Å². The molecular weight excluding hydrogens is 486 g/mol. The first-order valence-electron chi connectivity index (χ1n) is 12.4. The smallest absolute Gasteiger partial charge is 0.343 e. The zero-order chi connectivity index (χ0) is 27.2. The quantitative estimate of drug-likeness (QED) is 0.151. The molecule has 9 nitrogen and oxygen atoms in total. The van der Waals surface area contributed by atoms with E-state index in [0.717, 1.165) is 12.8 Å². The minimum absolute atomic E-state index is 0.231. The molecule has 2 amide bonds. The van der Waals surface area contributed by atoms with Gasteiger partial charge in [-0.05, 0) is 91.2 Å². The highest BCUT2D eigenvalue weighted by Crippen LogP contribution is 2.17. The fourth-order valence-electron chi connectivity index (χ4n) is 3.10. The summed E-state index contributed by atoms with van der Waals surface area (Å²) in [4.78, 5) is 36.6. The van der Waals surface area contributed by atoms with Crippen molar-refractivity contribution in [3.8, 4) is 17.2 Å². The first-order chi connectivity index (χ1) is 18.5. The normalized spacial score (nSPS) is 10.6. The van der Waals surface area contributed by atoms with E-state index < -0.39 is 11.9 Å². The van der Waals surface area contributed by atoms with Crippen LogP contribution >= 0.6 is 0 Å². The van der Waals surface area contributed by atoms with Gasteiger partial charge < -0.3 is 19.5 Å². The first-order valence-corrected chi connectivity index (χ1v) is 12.4. The molecule has 0 aliphatic heterocycles. The second-order valence-corrected chi connectivity index (χ2v) is 8.18. The summed E-state index contributed by atoms with van der Waals surface area (Å²) >= 11 is 0. The van der Waals surface area contributed by atoms with Gasteiger partial charge in [-0.1, -0.05) is 13.8 Å². The molecule has 3 aromatic rings. The molecule has 0 saturated heterocycles. The van der Waals surface area contributed by atoms with Crippen molar-refractivity contribution in [2.24, 2.45) is 5.10 Å². The molecule has 0 unspecified atom stereocenters. The molecule has 0 aromatic heterocycles. The molecule has 3 rings (SSSR count). The molecule has 0 fully saturated rings. The molecule has 0 aliphatic rings. The Kier molecular flexibility index (Phi) is 10.9. The van der Waals surface area contributed by atoms with Crippen LogP contribution in [0.15, 0.2) is 77.9 Å². The number of amides is 2. The van der Waals surface area contributed by atoms with Crippen molar-refractivity contribution in [2.45, 2.75) is 26.7 Å². The van der Waals surface area contributed by atoms with Gasteiger partial charge in [0.15, 0.2) is 0 Å². The summed E-state index contributed by atoms with van der Waals surface area (Å²) in [5.41, 5.74) is 3.86. The Labute approximate surface area is 221 Å². The van der Waals surface area contributed by atoms with Crippen LogP contribution in [0.5, 0.6) is 17.2 Å². The summed E-state index contributed by atoms with van der Waals surface area (Å²) < 4.78 is 16.4. The van der Waals surface area contributed by atoms with Gasteiger partial charge >= 0.3 is 5.97 Å². The lowest BCUT2D eigenvalue weighted by molar-refractivity contribution is -0.120. The lowest BCUT2D eigenvalue weighted by atomic mass is 10.2. The Morgan fingerprint density at radius 3 is 1.82 bits per heavy atom. The van der Waals surface area contributed by atoms with Crippen LogP contribution in [0.25, 0.3) is 0 Å². The van der Waals surface area contributed by atoms with Crippen LogP contribution < -0.4 is 25.0 Å². The highest BCUT2D eigenvalue weighted by molar-refractivity contribution is 5.96. The van der Waals surface area contributed by atoms with Crippen LogP contribution in [0.4, 0.5) is 0 Å². The van der Waals surface area contributed by atoms with Gasteiger partial charge in [-0.15, -0.1) is 0 Å². The fourth-order valence-corrected chi connectivity index (χ4v) is 3.10. The van der Waals surface area contributed by atoms with E-state index in [1.165, 1.54) is 6.21 Å². The van der Waals surface area contributed by atoms with Crippen molar-refractivity contribution >= 4 is 24.0 Å². The first kappa shape index (κ1) is 27.9. The standard InChI is InChI=1S/C29H31N3O6/c1-3-17-36-24-13-7-22(8-14-24)28(34)30-20-27(33)32-31-19-21-5-11-26(12-6-21)38-29(35)23-9-15-25(16-10-23)37-18-4-2/h5-16,19H,3-4,17-18,20H2,1-2H3,(H,30,34)(H,32,33)/b31-19-. The van der Waals surface area contributed by atoms with E-state index >= 15 is 0 Å². The highest BCUT2D eigenvalue weighted by atomic mass is 16.5. The summed E-state index contributed by atoms with van der Waals surface area (Å²) in [6, 6.07) is 20.1. The summed E-state index contributed by atoms with van der Waals surface area (Å²) in [7, 11) is 0. The summed E-state index contributed by atoms with van der Waals surface area (Å²) in [5.74, 6) is 0.416. The van der Waals surface area contributed by atoms with E-state index in [0.29, 0.717) is 47.2 Å². The number of carbonyl (C=O) groups excluding carboxylic acids is 3. The number of rotatable bonds is 13. The number of esters is 1. The Balaban J connectivity index is 1.40. The molecule has 0 saturated carbocycles. The maximum atomic E-state index is 12.4. The third-order valence-electron chi connectivity index (χ3n) is 5.06. The number of ether oxygens (including phenoxy) is 3. The molecule has 0 atom stereocenters. The van der Waals surface area contributed by atoms with Crippen LogP contribution in [0, 0.1) is 0 Å². The molecule has 3 aromatic carbocycles. The second kappa shape index (κ2) is 14.8. The van der Waals surface area contributed by atoms with Gasteiger partial charge in [0.2, 0.25) is 0 Å². The third-order valence-corrected chi connectivity index (χ3v) is 5.06. The maximum Gasteiger partial charge on any atom is 0.343 e. The predicted molar refractivity (Wildman–Crippen MR) is 144 cm³/mol. The van der Waals surface area contributed by atoms with Crippen molar-refractivity contribution < 1.29 is 28.6 Å². The number of benzene rings is 3. The Morgan fingerprint density at radius 2 is 1.26 bits per heavy atom. The molecule has 0 radical (unpaired) electrons. The van der Waals surface area contributed by atoms with Crippen LogP contribution in [0.1, 0.15) is 53.0 Å². The minimum atomic E-state index is -0.483. The van der Waals surface area contributed by atoms with Gasteiger partial charge in [0.05, 0.1) is 31.5 Å². The molecule has 0 aliphatic carbocycles. The zero-order valence-corrected chi connectivity index (χ0v) is 21.4. The van der Waals surface area contributed by atoms with Crippen molar-refractivity contribution in [2.75, 3.05) is 19.8 Å². The van der Waals surface area contributed by atoms with E-state index in [1.54, 1.807) is 72.8 Å². The summed E-state index contributed by atoms with van der Waals surface area (Å²) in [5, 5.41) is 6.43. The second-order valence-electron chi connectivity index (χ2n) is 8.18. The van der Waals surface area contributed by atoms with Gasteiger partial charge in [-0.2, -0.15) is 5.10 Å². The third kappa shape index (κ3) is 9.09. The van der Waals surface area contributed by atoms with E-state index in [4.69, 9.17) is 14.2 Å². The molecule has 0 spiro atoms. The SMILES string of the molecule is CCCOc1ccc(C(=O)NCC(=O)N/N=C\c2ccc(OC(=O)c3ccc(OCCC)cc3)cc2)cc1. The largest absolute Gasteiger partial charge is 0.494 e. The van der Waals surface area contributed by atoms with Crippen LogP contribution in [-0.2, 0) is 4.79 Å². The molecule has 38 heavy (non-hydrogen) atoms. The maximum absolute atomic E-state index is 12.4.